The van der Waals surface area contributed by atoms with Crippen molar-refractivity contribution in [2.75, 3.05) is 6.54 Å². The van der Waals surface area contributed by atoms with E-state index < -0.39 is 0 Å². The Balaban J connectivity index is 0.00000128. The van der Waals surface area contributed by atoms with Gasteiger partial charge in [-0.2, -0.15) is 0 Å². The standard InChI is InChI=1S/C12H22N2O.ClH/c1-8(10-5-6-10)12(15)14-11-4-3-7-13-9(11)2;/h8-11,13H,3-7H2,1-2H3,(H,14,15);1H. The highest BCUT2D eigenvalue weighted by molar-refractivity contribution is 5.85. The average Bonchev–Trinajstić information content (AvgIpc) is 3.04. The van der Waals surface area contributed by atoms with E-state index in [-0.39, 0.29) is 24.2 Å². The molecule has 2 aliphatic rings. The van der Waals surface area contributed by atoms with Crippen molar-refractivity contribution in [1.29, 1.82) is 0 Å². The lowest BCUT2D eigenvalue weighted by Gasteiger charge is -2.31. The Bertz CT molecular complexity index is 243. The summed E-state index contributed by atoms with van der Waals surface area (Å²) < 4.78 is 0. The molecule has 0 aromatic carbocycles. The zero-order valence-corrected chi connectivity index (χ0v) is 11.0. The van der Waals surface area contributed by atoms with Crippen molar-refractivity contribution in [3.05, 3.63) is 0 Å². The van der Waals surface area contributed by atoms with Gasteiger partial charge < -0.3 is 10.6 Å². The van der Waals surface area contributed by atoms with E-state index in [2.05, 4.69) is 24.5 Å². The summed E-state index contributed by atoms with van der Waals surface area (Å²) in [5, 5.41) is 6.59. The van der Waals surface area contributed by atoms with Gasteiger partial charge in [-0.15, -0.1) is 12.4 Å². The minimum absolute atomic E-state index is 0. The molecule has 2 N–H and O–H groups in total. The minimum atomic E-state index is 0. The van der Waals surface area contributed by atoms with Crippen LogP contribution in [0.25, 0.3) is 0 Å². The number of hydrogen-bond donors (Lipinski definition) is 2. The van der Waals surface area contributed by atoms with Crippen LogP contribution in [0.3, 0.4) is 0 Å². The highest BCUT2D eigenvalue weighted by Gasteiger charge is 2.34. The molecular weight excluding hydrogens is 224 g/mol. The van der Waals surface area contributed by atoms with Gasteiger partial charge in [0.15, 0.2) is 0 Å². The molecule has 3 unspecified atom stereocenters. The van der Waals surface area contributed by atoms with Gasteiger partial charge in [0.25, 0.3) is 0 Å². The molecule has 3 atom stereocenters. The van der Waals surface area contributed by atoms with E-state index >= 15 is 0 Å². The van der Waals surface area contributed by atoms with Crippen LogP contribution in [0.4, 0.5) is 0 Å². The molecule has 1 aliphatic heterocycles. The predicted molar refractivity (Wildman–Crippen MR) is 67.8 cm³/mol. The smallest absolute Gasteiger partial charge is 0.223 e. The van der Waals surface area contributed by atoms with Crippen LogP contribution < -0.4 is 10.6 Å². The summed E-state index contributed by atoms with van der Waals surface area (Å²) >= 11 is 0. The molecule has 1 heterocycles. The fourth-order valence-electron chi connectivity index (χ4n) is 2.37. The van der Waals surface area contributed by atoms with E-state index in [9.17, 15) is 4.79 Å². The second kappa shape index (κ2) is 5.87. The number of carbonyl (C=O) groups is 1. The Morgan fingerprint density at radius 2 is 2.06 bits per heavy atom. The number of piperidine rings is 1. The first kappa shape index (κ1) is 13.8. The molecule has 4 heteroatoms. The first-order valence-electron chi connectivity index (χ1n) is 6.22. The molecule has 16 heavy (non-hydrogen) atoms. The van der Waals surface area contributed by atoms with Crippen LogP contribution in [0.15, 0.2) is 0 Å². The lowest BCUT2D eigenvalue weighted by Crippen LogP contribution is -2.53. The van der Waals surface area contributed by atoms with Gasteiger partial charge in [0.2, 0.25) is 5.91 Å². The first-order valence-corrected chi connectivity index (χ1v) is 6.22. The van der Waals surface area contributed by atoms with Crippen molar-refractivity contribution < 1.29 is 4.79 Å². The largest absolute Gasteiger partial charge is 0.352 e. The van der Waals surface area contributed by atoms with Gasteiger partial charge in [0.05, 0.1) is 0 Å². The molecule has 2 fully saturated rings. The van der Waals surface area contributed by atoms with Crippen molar-refractivity contribution in [1.82, 2.24) is 10.6 Å². The third-order valence-electron chi connectivity index (χ3n) is 3.83. The molecule has 0 radical (unpaired) electrons. The van der Waals surface area contributed by atoms with Crippen molar-refractivity contribution in [2.45, 2.75) is 51.6 Å². The van der Waals surface area contributed by atoms with Crippen LogP contribution in [0.1, 0.15) is 39.5 Å². The molecule has 0 aromatic heterocycles. The van der Waals surface area contributed by atoms with Gasteiger partial charge >= 0.3 is 0 Å². The van der Waals surface area contributed by atoms with E-state index in [1.807, 2.05) is 0 Å². The number of halogens is 1. The second-order valence-corrected chi connectivity index (χ2v) is 5.13. The van der Waals surface area contributed by atoms with Crippen molar-refractivity contribution in [3.63, 3.8) is 0 Å². The zero-order chi connectivity index (χ0) is 10.8. The zero-order valence-electron chi connectivity index (χ0n) is 10.2. The van der Waals surface area contributed by atoms with Crippen molar-refractivity contribution >= 4 is 18.3 Å². The third-order valence-corrected chi connectivity index (χ3v) is 3.83. The molecule has 0 bridgehead atoms. The second-order valence-electron chi connectivity index (χ2n) is 5.13. The normalized spacial score (nSPS) is 31.4. The number of nitrogens with one attached hydrogen (secondary N) is 2. The van der Waals surface area contributed by atoms with Gasteiger partial charge in [-0.3, -0.25) is 4.79 Å². The lowest BCUT2D eigenvalue weighted by atomic mass is 9.98. The van der Waals surface area contributed by atoms with Crippen molar-refractivity contribution in [3.8, 4) is 0 Å². The number of rotatable bonds is 3. The first-order chi connectivity index (χ1) is 7.18. The molecular formula is C12H23ClN2O. The van der Waals surface area contributed by atoms with E-state index in [0.29, 0.717) is 18.0 Å². The summed E-state index contributed by atoms with van der Waals surface area (Å²) in [7, 11) is 0. The summed E-state index contributed by atoms with van der Waals surface area (Å²) in [4.78, 5) is 11.9. The number of carbonyl (C=O) groups excluding carboxylic acids is 1. The van der Waals surface area contributed by atoms with Crippen LogP contribution in [0, 0.1) is 11.8 Å². The van der Waals surface area contributed by atoms with Crippen LogP contribution in [-0.4, -0.2) is 24.5 Å². The third kappa shape index (κ3) is 3.36. The highest BCUT2D eigenvalue weighted by Crippen LogP contribution is 2.36. The summed E-state index contributed by atoms with van der Waals surface area (Å²) in [6.45, 7) is 5.31. The highest BCUT2D eigenvalue weighted by atomic mass is 35.5. The molecule has 1 aliphatic carbocycles. The van der Waals surface area contributed by atoms with Crippen LogP contribution in [0.5, 0.6) is 0 Å². The SMILES string of the molecule is CC1NCCCC1NC(=O)C(C)C1CC1.Cl. The molecule has 1 amide bonds. The summed E-state index contributed by atoms with van der Waals surface area (Å²) in [6.07, 6.45) is 4.78. The molecule has 94 valence electrons. The van der Waals surface area contributed by atoms with Crippen LogP contribution in [-0.2, 0) is 4.79 Å². The Morgan fingerprint density at radius 1 is 1.38 bits per heavy atom. The maximum Gasteiger partial charge on any atom is 0.223 e. The maximum absolute atomic E-state index is 11.9. The summed E-state index contributed by atoms with van der Waals surface area (Å²) in [5.74, 6) is 1.15. The molecule has 0 aromatic rings. The Morgan fingerprint density at radius 3 is 2.62 bits per heavy atom. The van der Waals surface area contributed by atoms with E-state index in [4.69, 9.17) is 0 Å². The Hall–Kier alpha value is -0.280. The molecule has 1 saturated carbocycles. The number of amides is 1. The van der Waals surface area contributed by atoms with E-state index in [0.717, 1.165) is 13.0 Å². The quantitative estimate of drug-likeness (QED) is 0.796. The predicted octanol–water partition coefficient (Wildman–Crippen LogP) is 1.71. The summed E-state index contributed by atoms with van der Waals surface area (Å²) in [5.41, 5.74) is 0. The van der Waals surface area contributed by atoms with Gasteiger partial charge in [-0.1, -0.05) is 6.92 Å². The van der Waals surface area contributed by atoms with Crippen LogP contribution in [0.2, 0.25) is 0 Å². The molecule has 0 spiro atoms. The molecule has 3 nitrogen and oxygen atoms in total. The van der Waals surface area contributed by atoms with Crippen LogP contribution >= 0.6 is 12.4 Å². The van der Waals surface area contributed by atoms with Gasteiger partial charge in [-0.05, 0) is 45.1 Å². The fraction of sp³-hybridized carbons (Fsp3) is 0.917. The molecule has 2 rings (SSSR count). The summed E-state index contributed by atoms with van der Waals surface area (Å²) in [6, 6.07) is 0.765. The average molecular weight is 247 g/mol. The Kier molecular flexibility index (Phi) is 5.06. The molecule has 1 saturated heterocycles. The fourth-order valence-corrected chi connectivity index (χ4v) is 2.37. The van der Waals surface area contributed by atoms with Gasteiger partial charge in [0, 0.05) is 18.0 Å². The van der Waals surface area contributed by atoms with Crippen molar-refractivity contribution in [2.24, 2.45) is 11.8 Å². The maximum atomic E-state index is 11.9. The van der Waals surface area contributed by atoms with E-state index in [1.165, 1.54) is 19.3 Å². The minimum Gasteiger partial charge on any atom is -0.352 e. The van der Waals surface area contributed by atoms with E-state index in [1.54, 1.807) is 0 Å². The van der Waals surface area contributed by atoms with Gasteiger partial charge in [-0.25, -0.2) is 0 Å². The number of hydrogen-bond acceptors (Lipinski definition) is 2. The topological polar surface area (TPSA) is 41.1 Å². The monoisotopic (exact) mass is 246 g/mol. The van der Waals surface area contributed by atoms with Gasteiger partial charge in [0.1, 0.15) is 0 Å². The lowest BCUT2D eigenvalue weighted by molar-refractivity contribution is -0.126. The Labute approximate surface area is 104 Å².